The lowest BCUT2D eigenvalue weighted by molar-refractivity contribution is 0.153. The van der Waals surface area contributed by atoms with Gasteiger partial charge in [-0.25, -0.2) is 0 Å². The zero-order valence-electron chi connectivity index (χ0n) is 12.6. The van der Waals surface area contributed by atoms with Gasteiger partial charge in [0.05, 0.1) is 0 Å². The van der Waals surface area contributed by atoms with Crippen molar-refractivity contribution in [1.82, 2.24) is 9.80 Å². The highest BCUT2D eigenvalue weighted by molar-refractivity contribution is 6.18. The van der Waals surface area contributed by atoms with E-state index in [9.17, 15) is 0 Å². The number of alkyl halides is 1. The maximum atomic E-state index is 5.96. The molecule has 0 bridgehead atoms. The van der Waals surface area contributed by atoms with Gasteiger partial charge in [0.1, 0.15) is 0 Å². The van der Waals surface area contributed by atoms with E-state index in [0.29, 0.717) is 5.88 Å². The molecule has 112 valence electrons. The highest BCUT2D eigenvalue weighted by Gasteiger charge is 2.19. The highest BCUT2D eigenvalue weighted by atomic mass is 35.5. The first-order chi connectivity index (χ1) is 9.79. The summed E-state index contributed by atoms with van der Waals surface area (Å²) >= 11 is 5.96. The van der Waals surface area contributed by atoms with Crippen molar-refractivity contribution in [2.75, 3.05) is 32.6 Å². The second kappa shape index (κ2) is 8.66. The molecule has 1 atom stereocenters. The number of hydrogen-bond donors (Lipinski definition) is 0. The Morgan fingerprint density at radius 2 is 2.00 bits per heavy atom. The number of nitrogens with zero attached hydrogens (tertiary/aromatic N) is 2. The molecule has 20 heavy (non-hydrogen) atoms. The van der Waals surface area contributed by atoms with Crippen LogP contribution in [0.2, 0.25) is 0 Å². The molecule has 1 aliphatic rings. The molecule has 0 saturated carbocycles. The molecular formula is C17H27ClN2. The van der Waals surface area contributed by atoms with Crippen LogP contribution in [0.25, 0.3) is 0 Å². The fourth-order valence-corrected chi connectivity index (χ4v) is 3.31. The molecule has 1 aromatic carbocycles. The van der Waals surface area contributed by atoms with Crippen molar-refractivity contribution in [2.24, 2.45) is 0 Å². The molecule has 1 heterocycles. The Balaban J connectivity index is 1.82. The second-order valence-electron chi connectivity index (χ2n) is 5.87. The van der Waals surface area contributed by atoms with Crippen molar-refractivity contribution in [1.29, 1.82) is 0 Å². The van der Waals surface area contributed by atoms with Gasteiger partial charge in [0.15, 0.2) is 0 Å². The minimum Gasteiger partial charge on any atom is -0.303 e. The Bertz CT molecular complexity index is 369. The Morgan fingerprint density at radius 1 is 1.20 bits per heavy atom. The predicted octanol–water partition coefficient (Wildman–Crippen LogP) is 3.60. The summed E-state index contributed by atoms with van der Waals surface area (Å²) < 4.78 is 0. The molecule has 0 radical (unpaired) electrons. The van der Waals surface area contributed by atoms with E-state index < -0.39 is 0 Å². The molecule has 0 aliphatic carbocycles. The summed E-state index contributed by atoms with van der Waals surface area (Å²) in [7, 11) is 2.27. The van der Waals surface area contributed by atoms with E-state index in [1.165, 1.54) is 37.8 Å². The molecule has 1 unspecified atom stereocenters. The summed E-state index contributed by atoms with van der Waals surface area (Å²) in [6.45, 7) is 4.41. The van der Waals surface area contributed by atoms with E-state index >= 15 is 0 Å². The summed E-state index contributed by atoms with van der Waals surface area (Å²) in [5.74, 6) is 0.716. The molecule has 0 aromatic heterocycles. The lowest BCUT2D eigenvalue weighted by atomic mass is 10.00. The van der Waals surface area contributed by atoms with Gasteiger partial charge in [0.25, 0.3) is 0 Å². The number of benzene rings is 1. The van der Waals surface area contributed by atoms with Crippen LogP contribution < -0.4 is 0 Å². The Kier molecular flexibility index (Phi) is 6.85. The van der Waals surface area contributed by atoms with Crippen molar-refractivity contribution in [2.45, 2.75) is 38.3 Å². The maximum absolute atomic E-state index is 5.96. The predicted molar refractivity (Wildman–Crippen MR) is 87.3 cm³/mol. The van der Waals surface area contributed by atoms with E-state index in [1.54, 1.807) is 0 Å². The molecule has 1 aliphatic heterocycles. The van der Waals surface area contributed by atoms with E-state index in [0.717, 1.165) is 25.7 Å². The fraction of sp³-hybridized carbons (Fsp3) is 0.647. The molecule has 1 fully saturated rings. The van der Waals surface area contributed by atoms with Crippen LogP contribution in [0.1, 0.15) is 31.2 Å². The third-order valence-corrected chi connectivity index (χ3v) is 4.52. The Hall–Kier alpha value is -0.570. The van der Waals surface area contributed by atoms with E-state index in [4.69, 9.17) is 11.6 Å². The van der Waals surface area contributed by atoms with Gasteiger partial charge in [-0.1, -0.05) is 36.8 Å². The number of likely N-dealkylation sites (tertiary alicyclic amines) is 1. The van der Waals surface area contributed by atoms with E-state index in [-0.39, 0.29) is 0 Å². The summed E-state index contributed by atoms with van der Waals surface area (Å²) in [6.07, 6.45) is 5.38. The average molecular weight is 295 g/mol. The van der Waals surface area contributed by atoms with Crippen molar-refractivity contribution >= 4 is 11.6 Å². The first-order valence-electron chi connectivity index (χ1n) is 7.82. The summed E-state index contributed by atoms with van der Waals surface area (Å²) in [5.41, 5.74) is 1.38. The van der Waals surface area contributed by atoms with Gasteiger partial charge in [-0.05, 0) is 38.4 Å². The standard InChI is InChI=1S/C17H27ClN2/c1-19-12-6-5-9-17(19)10-13-20(14-11-18)15-16-7-3-2-4-8-16/h2-4,7-8,17H,5-6,9-15H2,1H3. The van der Waals surface area contributed by atoms with E-state index in [2.05, 4.69) is 47.2 Å². The van der Waals surface area contributed by atoms with Crippen molar-refractivity contribution < 1.29 is 0 Å². The van der Waals surface area contributed by atoms with Crippen LogP contribution in [-0.2, 0) is 6.54 Å². The lowest BCUT2D eigenvalue weighted by Crippen LogP contribution is -2.39. The quantitative estimate of drug-likeness (QED) is 0.709. The first-order valence-corrected chi connectivity index (χ1v) is 8.35. The maximum Gasteiger partial charge on any atom is 0.0351 e. The van der Waals surface area contributed by atoms with Gasteiger partial charge >= 0.3 is 0 Å². The van der Waals surface area contributed by atoms with Crippen LogP contribution in [0.4, 0.5) is 0 Å². The number of rotatable bonds is 7. The van der Waals surface area contributed by atoms with Gasteiger partial charge in [0, 0.05) is 31.6 Å². The zero-order chi connectivity index (χ0) is 14.2. The van der Waals surface area contributed by atoms with Crippen molar-refractivity contribution in [3.05, 3.63) is 35.9 Å². The van der Waals surface area contributed by atoms with Gasteiger partial charge in [-0.15, -0.1) is 11.6 Å². The third kappa shape index (κ3) is 5.08. The third-order valence-electron chi connectivity index (χ3n) is 4.35. The molecule has 0 spiro atoms. The summed E-state index contributed by atoms with van der Waals surface area (Å²) in [5, 5.41) is 0. The molecular weight excluding hydrogens is 268 g/mol. The first kappa shape index (κ1) is 15.8. The van der Waals surface area contributed by atoms with Gasteiger partial charge < -0.3 is 4.90 Å². The summed E-state index contributed by atoms with van der Waals surface area (Å²) in [4.78, 5) is 5.02. The van der Waals surface area contributed by atoms with Crippen LogP contribution in [0.3, 0.4) is 0 Å². The minimum atomic E-state index is 0.716. The smallest absolute Gasteiger partial charge is 0.0351 e. The van der Waals surface area contributed by atoms with Crippen LogP contribution in [0.5, 0.6) is 0 Å². The van der Waals surface area contributed by atoms with Crippen LogP contribution in [0, 0.1) is 0 Å². The number of piperidine rings is 1. The van der Waals surface area contributed by atoms with Gasteiger partial charge in [-0.2, -0.15) is 0 Å². The number of hydrogen-bond acceptors (Lipinski definition) is 2. The Labute approximate surface area is 128 Å². The van der Waals surface area contributed by atoms with Crippen LogP contribution >= 0.6 is 11.6 Å². The number of halogens is 1. The van der Waals surface area contributed by atoms with Crippen molar-refractivity contribution in [3.8, 4) is 0 Å². The zero-order valence-corrected chi connectivity index (χ0v) is 13.4. The molecule has 2 rings (SSSR count). The normalized spacial score (nSPS) is 20.4. The molecule has 1 aromatic rings. The molecule has 2 nitrogen and oxygen atoms in total. The van der Waals surface area contributed by atoms with Gasteiger partial charge in [-0.3, -0.25) is 4.90 Å². The molecule has 0 amide bonds. The fourth-order valence-electron chi connectivity index (χ4n) is 3.07. The van der Waals surface area contributed by atoms with Crippen molar-refractivity contribution in [3.63, 3.8) is 0 Å². The largest absolute Gasteiger partial charge is 0.303 e. The molecule has 1 saturated heterocycles. The molecule has 0 N–H and O–H groups in total. The topological polar surface area (TPSA) is 6.48 Å². The minimum absolute atomic E-state index is 0.716. The summed E-state index contributed by atoms with van der Waals surface area (Å²) in [6, 6.07) is 11.5. The van der Waals surface area contributed by atoms with E-state index in [1.807, 2.05) is 0 Å². The SMILES string of the molecule is CN1CCCCC1CCN(CCCl)Cc1ccccc1. The van der Waals surface area contributed by atoms with Crippen LogP contribution in [-0.4, -0.2) is 48.4 Å². The average Bonchev–Trinajstić information content (AvgIpc) is 2.47. The lowest BCUT2D eigenvalue weighted by Gasteiger charge is -2.34. The highest BCUT2D eigenvalue weighted by Crippen LogP contribution is 2.18. The monoisotopic (exact) mass is 294 g/mol. The Morgan fingerprint density at radius 3 is 2.70 bits per heavy atom. The van der Waals surface area contributed by atoms with Crippen LogP contribution in [0.15, 0.2) is 30.3 Å². The molecule has 3 heteroatoms. The van der Waals surface area contributed by atoms with Gasteiger partial charge in [0.2, 0.25) is 0 Å². The second-order valence-corrected chi connectivity index (χ2v) is 6.25.